The Bertz CT molecular complexity index is 289. The van der Waals surface area contributed by atoms with Crippen molar-refractivity contribution in [2.75, 3.05) is 13.2 Å². The van der Waals surface area contributed by atoms with Crippen LogP contribution in [0.4, 0.5) is 0 Å². The van der Waals surface area contributed by atoms with Crippen LogP contribution in [0.2, 0.25) is 0 Å². The zero-order valence-electron chi connectivity index (χ0n) is 11.2. The SMILES string of the molecule is C=CC[C@]12COC[C@](C)(C[C@@H](OC(C)C)C1)O2. The molecule has 2 aliphatic heterocycles. The van der Waals surface area contributed by atoms with Crippen LogP contribution >= 0.6 is 0 Å². The van der Waals surface area contributed by atoms with Crippen LogP contribution in [0.25, 0.3) is 0 Å². The van der Waals surface area contributed by atoms with Crippen LogP contribution < -0.4 is 0 Å². The lowest BCUT2D eigenvalue weighted by molar-refractivity contribution is -0.290. The molecule has 2 rings (SSSR count). The second-order valence-electron chi connectivity index (χ2n) is 5.94. The third kappa shape index (κ3) is 2.90. The molecule has 0 saturated carbocycles. The Morgan fingerprint density at radius 3 is 2.82 bits per heavy atom. The van der Waals surface area contributed by atoms with Crippen LogP contribution in [0.15, 0.2) is 12.7 Å². The molecule has 2 bridgehead atoms. The highest BCUT2D eigenvalue weighted by Gasteiger charge is 2.50. The minimum Gasteiger partial charge on any atom is -0.375 e. The molecule has 0 unspecified atom stereocenters. The number of fused-ring (bicyclic) bond motifs is 2. The molecule has 3 heteroatoms. The molecule has 2 saturated heterocycles. The highest BCUT2D eigenvalue weighted by molar-refractivity contribution is 5.01. The first kappa shape index (κ1) is 13.1. The first-order chi connectivity index (χ1) is 7.97. The van der Waals surface area contributed by atoms with Gasteiger partial charge in [0.2, 0.25) is 0 Å². The molecule has 3 nitrogen and oxygen atoms in total. The lowest BCUT2D eigenvalue weighted by Crippen LogP contribution is -2.60. The van der Waals surface area contributed by atoms with Gasteiger partial charge < -0.3 is 14.2 Å². The molecule has 0 aromatic rings. The molecule has 2 heterocycles. The number of rotatable bonds is 4. The number of hydrogen-bond donors (Lipinski definition) is 0. The molecule has 0 aliphatic carbocycles. The average Bonchev–Trinajstić information content (AvgIpc) is 2.13. The fraction of sp³-hybridized carbons (Fsp3) is 0.857. The third-order valence-corrected chi connectivity index (χ3v) is 3.48. The largest absolute Gasteiger partial charge is 0.375 e. The van der Waals surface area contributed by atoms with Gasteiger partial charge in [-0.1, -0.05) is 6.08 Å². The van der Waals surface area contributed by atoms with Crippen LogP contribution in [0, 0.1) is 0 Å². The van der Waals surface area contributed by atoms with Crippen LogP contribution in [0.1, 0.15) is 40.0 Å². The number of ether oxygens (including phenoxy) is 3. The van der Waals surface area contributed by atoms with E-state index >= 15 is 0 Å². The predicted molar refractivity (Wildman–Crippen MR) is 67.1 cm³/mol. The molecule has 0 N–H and O–H groups in total. The summed E-state index contributed by atoms with van der Waals surface area (Å²) >= 11 is 0. The van der Waals surface area contributed by atoms with E-state index in [1.807, 2.05) is 6.08 Å². The van der Waals surface area contributed by atoms with E-state index < -0.39 is 0 Å². The van der Waals surface area contributed by atoms with E-state index in [1.54, 1.807) is 0 Å². The lowest BCUT2D eigenvalue weighted by atomic mass is 9.81. The van der Waals surface area contributed by atoms with E-state index in [2.05, 4.69) is 27.4 Å². The van der Waals surface area contributed by atoms with Gasteiger partial charge >= 0.3 is 0 Å². The van der Waals surface area contributed by atoms with Gasteiger partial charge in [-0.05, 0) is 27.2 Å². The maximum absolute atomic E-state index is 6.27. The van der Waals surface area contributed by atoms with Gasteiger partial charge in [-0.15, -0.1) is 6.58 Å². The second-order valence-corrected chi connectivity index (χ2v) is 5.94. The molecule has 17 heavy (non-hydrogen) atoms. The molecule has 0 aromatic carbocycles. The molecular weight excluding hydrogens is 216 g/mol. The van der Waals surface area contributed by atoms with Crippen molar-refractivity contribution in [3.63, 3.8) is 0 Å². The highest BCUT2D eigenvalue weighted by Crippen LogP contribution is 2.42. The van der Waals surface area contributed by atoms with Gasteiger partial charge in [0, 0.05) is 12.8 Å². The molecule has 2 aliphatic rings. The van der Waals surface area contributed by atoms with Crippen molar-refractivity contribution in [3.05, 3.63) is 12.7 Å². The van der Waals surface area contributed by atoms with Crippen molar-refractivity contribution >= 4 is 0 Å². The molecular formula is C14H24O3. The molecule has 3 atom stereocenters. The third-order valence-electron chi connectivity index (χ3n) is 3.48. The Morgan fingerprint density at radius 2 is 2.18 bits per heavy atom. The minimum absolute atomic E-state index is 0.195. The molecule has 0 spiro atoms. The van der Waals surface area contributed by atoms with E-state index in [4.69, 9.17) is 14.2 Å². The van der Waals surface area contributed by atoms with E-state index in [0.29, 0.717) is 13.2 Å². The van der Waals surface area contributed by atoms with E-state index in [-0.39, 0.29) is 23.4 Å². The Morgan fingerprint density at radius 1 is 1.41 bits per heavy atom. The van der Waals surface area contributed by atoms with Crippen molar-refractivity contribution < 1.29 is 14.2 Å². The van der Waals surface area contributed by atoms with Gasteiger partial charge in [-0.25, -0.2) is 0 Å². The van der Waals surface area contributed by atoms with Gasteiger partial charge in [0.25, 0.3) is 0 Å². The summed E-state index contributed by atoms with van der Waals surface area (Å²) in [7, 11) is 0. The summed E-state index contributed by atoms with van der Waals surface area (Å²) in [6, 6.07) is 0. The van der Waals surface area contributed by atoms with E-state index in [1.165, 1.54) is 0 Å². The maximum Gasteiger partial charge on any atom is 0.0982 e. The maximum atomic E-state index is 6.27. The highest BCUT2D eigenvalue weighted by atomic mass is 16.6. The Hall–Kier alpha value is -0.380. The zero-order valence-corrected chi connectivity index (χ0v) is 11.2. The zero-order chi connectivity index (χ0) is 12.5. The molecule has 0 radical (unpaired) electrons. The van der Waals surface area contributed by atoms with E-state index in [9.17, 15) is 0 Å². The molecule has 98 valence electrons. The van der Waals surface area contributed by atoms with Gasteiger partial charge in [-0.3, -0.25) is 0 Å². The van der Waals surface area contributed by atoms with Crippen LogP contribution in [0.3, 0.4) is 0 Å². The number of hydrogen-bond acceptors (Lipinski definition) is 3. The fourth-order valence-corrected chi connectivity index (χ4v) is 3.13. The van der Waals surface area contributed by atoms with Crippen molar-refractivity contribution in [1.82, 2.24) is 0 Å². The normalized spacial score (nSPS) is 41.5. The van der Waals surface area contributed by atoms with E-state index in [0.717, 1.165) is 19.3 Å². The minimum atomic E-state index is -0.216. The Kier molecular flexibility index (Phi) is 3.62. The smallest absolute Gasteiger partial charge is 0.0982 e. The Balaban J connectivity index is 2.13. The lowest BCUT2D eigenvalue weighted by Gasteiger charge is -2.53. The summed E-state index contributed by atoms with van der Waals surface area (Å²) in [6.07, 6.45) is 5.13. The topological polar surface area (TPSA) is 27.7 Å². The van der Waals surface area contributed by atoms with Gasteiger partial charge in [0.1, 0.15) is 0 Å². The van der Waals surface area contributed by atoms with Gasteiger partial charge in [0.15, 0.2) is 0 Å². The second kappa shape index (κ2) is 4.71. The van der Waals surface area contributed by atoms with Gasteiger partial charge in [-0.2, -0.15) is 0 Å². The van der Waals surface area contributed by atoms with Crippen LogP contribution in [0.5, 0.6) is 0 Å². The quantitative estimate of drug-likeness (QED) is 0.707. The summed E-state index contributed by atoms with van der Waals surface area (Å²) in [4.78, 5) is 0. The van der Waals surface area contributed by atoms with Crippen molar-refractivity contribution in [2.24, 2.45) is 0 Å². The molecule has 2 fully saturated rings. The molecule has 0 amide bonds. The summed E-state index contributed by atoms with van der Waals surface area (Å²) in [6.45, 7) is 11.5. The fourth-order valence-electron chi connectivity index (χ4n) is 3.13. The Labute approximate surface area is 104 Å². The average molecular weight is 240 g/mol. The summed E-state index contributed by atoms with van der Waals surface area (Å²) < 4.78 is 18.0. The predicted octanol–water partition coefficient (Wildman–Crippen LogP) is 2.69. The van der Waals surface area contributed by atoms with Crippen LogP contribution in [-0.4, -0.2) is 36.6 Å². The summed E-state index contributed by atoms with van der Waals surface area (Å²) in [5.74, 6) is 0. The van der Waals surface area contributed by atoms with Crippen molar-refractivity contribution in [2.45, 2.75) is 63.4 Å². The van der Waals surface area contributed by atoms with Crippen molar-refractivity contribution in [1.29, 1.82) is 0 Å². The van der Waals surface area contributed by atoms with Crippen molar-refractivity contribution in [3.8, 4) is 0 Å². The monoisotopic (exact) mass is 240 g/mol. The summed E-state index contributed by atoms with van der Waals surface area (Å²) in [5, 5.41) is 0. The standard InChI is InChI=1S/C14H24O3/c1-5-6-14-8-12(16-11(2)3)7-13(4,17-14)9-15-10-14/h5,11-12H,1,6-10H2,2-4H3/t12-,13+,14-/m1/s1. The molecule has 0 aromatic heterocycles. The van der Waals surface area contributed by atoms with Crippen LogP contribution in [-0.2, 0) is 14.2 Å². The summed E-state index contributed by atoms with van der Waals surface area (Å²) in [5.41, 5.74) is -0.411. The first-order valence-electron chi connectivity index (χ1n) is 6.51. The van der Waals surface area contributed by atoms with Gasteiger partial charge in [0.05, 0.1) is 36.6 Å². The first-order valence-corrected chi connectivity index (χ1v) is 6.51.